The summed E-state index contributed by atoms with van der Waals surface area (Å²) in [6.07, 6.45) is -1.49. The molecule has 16 nitrogen and oxygen atoms in total. The average molecular weight is 942 g/mol. The van der Waals surface area contributed by atoms with Crippen molar-refractivity contribution < 1.29 is 37.2 Å². The van der Waals surface area contributed by atoms with Crippen molar-refractivity contribution in [3.05, 3.63) is 112 Å². The van der Waals surface area contributed by atoms with E-state index in [1.54, 1.807) is 25.1 Å². The van der Waals surface area contributed by atoms with E-state index in [2.05, 4.69) is 85.9 Å². The Bertz CT molecular complexity index is 2390. The fourth-order valence-corrected chi connectivity index (χ4v) is 10.6. The number of methoxy groups -OCH3 is 2. The van der Waals surface area contributed by atoms with Crippen molar-refractivity contribution in [2.24, 2.45) is 5.92 Å². The molecule has 0 saturated carbocycles. The number of fused-ring (bicyclic) bond motifs is 1. The molecule has 2 saturated heterocycles. The van der Waals surface area contributed by atoms with Gasteiger partial charge in [-0.3, -0.25) is 14.3 Å². The van der Waals surface area contributed by atoms with Crippen LogP contribution in [0.25, 0.3) is 11.2 Å². The number of benzene rings is 3. The highest BCUT2D eigenvalue weighted by Gasteiger charge is 2.54. The van der Waals surface area contributed by atoms with Crippen LogP contribution in [-0.2, 0) is 33.3 Å². The number of aromatic amines is 1. The molecule has 2 N–H and O–H groups in total. The van der Waals surface area contributed by atoms with Gasteiger partial charge in [-0.1, -0.05) is 89.2 Å². The van der Waals surface area contributed by atoms with Crippen molar-refractivity contribution in [1.29, 1.82) is 5.26 Å². The zero-order chi connectivity index (χ0) is 47.1. The standard InChI is InChI=1S/C48H64N7O9PSi/c1-33(2)30-50-46-52-43-40(44(56)53-46)51-32-55(43)45-42(64-66(8,9)47(3,4)5)41(63-65(61-27-13-24-49)54-25-28-59-29-26-54)39(62-45)31-60-48(34-14-11-10-12-15-34,35-16-20-37(57-6)21-17-35)36-18-22-38(58-7)23-19-36/h10-12,14-23,32-33,39,41-42,45H,13,25-31H2,1-9H3,(H2,50,52,53,56)/t39-,41-,42-,45-,65?/m1/s1. The number of anilines is 1. The summed E-state index contributed by atoms with van der Waals surface area (Å²) in [5, 5.41) is 12.6. The summed E-state index contributed by atoms with van der Waals surface area (Å²) in [6.45, 7) is 18.0. The molecular formula is C48H64N7O9PSi. The van der Waals surface area contributed by atoms with Crippen molar-refractivity contribution in [2.45, 2.75) is 89.3 Å². The second kappa shape index (κ2) is 21.5. The van der Waals surface area contributed by atoms with Crippen LogP contribution in [0, 0.1) is 17.2 Å². The molecule has 2 aliphatic heterocycles. The lowest BCUT2D eigenvalue weighted by Gasteiger charge is -2.42. The molecule has 2 fully saturated rings. The maximum absolute atomic E-state index is 13.6. The second-order valence-corrected chi connectivity index (χ2v) is 24.6. The molecule has 3 aromatic carbocycles. The first kappa shape index (κ1) is 49.2. The highest BCUT2D eigenvalue weighted by Crippen LogP contribution is 2.51. The molecule has 18 heteroatoms. The highest BCUT2D eigenvalue weighted by molar-refractivity contribution is 7.44. The van der Waals surface area contributed by atoms with Crippen LogP contribution in [-0.4, -0.2) is 111 Å². The molecule has 2 aliphatic rings. The molecule has 4 heterocycles. The van der Waals surface area contributed by atoms with E-state index in [4.69, 9.17) is 42.1 Å². The number of imidazole rings is 1. The van der Waals surface area contributed by atoms with E-state index in [1.165, 1.54) is 0 Å². The Balaban J connectivity index is 1.40. The summed E-state index contributed by atoms with van der Waals surface area (Å²) in [7, 11) is -1.12. The predicted octanol–water partition coefficient (Wildman–Crippen LogP) is 8.38. The quantitative estimate of drug-likeness (QED) is 0.0329. The van der Waals surface area contributed by atoms with Gasteiger partial charge >= 0.3 is 0 Å². The van der Waals surface area contributed by atoms with Crippen LogP contribution in [0.5, 0.6) is 11.5 Å². The first-order valence-electron chi connectivity index (χ1n) is 22.5. The fraction of sp³-hybridized carbons (Fsp3) is 0.500. The summed E-state index contributed by atoms with van der Waals surface area (Å²) in [5.41, 5.74) is 1.49. The van der Waals surface area contributed by atoms with Gasteiger partial charge < -0.3 is 42.5 Å². The molecule has 0 bridgehead atoms. The third kappa shape index (κ3) is 10.8. The summed E-state index contributed by atoms with van der Waals surface area (Å²) >= 11 is 0. The number of hydrogen-bond donors (Lipinski definition) is 2. The van der Waals surface area contributed by atoms with Gasteiger partial charge in [0.05, 0.1) is 59.5 Å². The third-order valence-corrected chi connectivity index (χ3v) is 18.6. The fourth-order valence-electron chi connectivity index (χ4n) is 7.78. The Morgan fingerprint density at radius 3 is 2.14 bits per heavy atom. The minimum atomic E-state index is -2.64. The number of aromatic nitrogens is 4. The van der Waals surface area contributed by atoms with Crippen LogP contribution < -0.4 is 20.3 Å². The van der Waals surface area contributed by atoms with Crippen molar-refractivity contribution in [1.82, 2.24) is 24.2 Å². The Kier molecular flexibility index (Phi) is 16.0. The van der Waals surface area contributed by atoms with E-state index >= 15 is 0 Å². The van der Waals surface area contributed by atoms with Crippen LogP contribution in [0.4, 0.5) is 5.95 Å². The average Bonchev–Trinajstić information content (AvgIpc) is 3.89. The van der Waals surface area contributed by atoms with Gasteiger partial charge in [0.15, 0.2) is 25.7 Å². The molecule has 2 aromatic heterocycles. The Labute approximate surface area is 389 Å². The molecule has 5 aromatic rings. The lowest BCUT2D eigenvalue weighted by molar-refractivity contribution is -0.0927. The van der Waals surface area contributed by atoms with Gasteiger partial charge in [0.1, 0.15) is 35.4 Å². The van der Waals surface area contributed by atoms with Crippen molar-refractivity contribution in [3.8, 4) is 17.6 Å². The van der Waals surface area contributed by atoms with Gasteiger partial charge in [-0.25, -0.2) is 9.65 Å². The van der Waals surface area contributed by atoms with Gasteiger partial charge in [0.2, 0.25) is 5.95 Å². The molecular weight excluding hydrogens is 878 g/mol. The second-order valence-electron chi connectivity index (χ2n) is 18.4. The summed E-state index contributed by atoms with van der Waals surface area (Å²) in [5.74, 6) is 2.02. The third-order valence-electron chi connectivity index (χ3n) is 12.4. The molecule has 0 aliphatic carbocycles. The summed E-state index contributed by atoms with van der Waals surface area (Å²) < 4.78 is 57.0. The van der Waals surface area contributed by atoms with Crippen LogP contribution in [0.3, 0.4) is 0 Å². The Morgan fingerprint density at radius 1 is 0.939 bits per heavy atom. The minimum absolute atomic E-state index is 0.00219. The van der Waals surface area contributed by atoms with Crippen LogP contribution >= 0.6 is 8.53 Å². The normalized spacial score (nSPS) is 20.1. The van der Waals surface area contributed by atoms with Crippen molar-refractivity contribution in [2.75, 3.05) is 65.6 Å². The predicted molar refractivity (Wildman–Crippen MR) is 256 cm³/mol. The Hall–Kier alpha value is -4.73. The van der Waals surface area contributed by atoms with E-state index in [-0.39, 0.29) is 35.7 Å². The van der Waals surface area contributed by atoms with Crippen molar-refractivity contribution in [3.63, 3.8) is 0 Å². The topological polar surface area (TPSA) is 176 Å². The number of H-pyrrole nitrogens is 1. The molecule has 66 heavy (non-hydrogen) atoms. The highest BCUT2D eigenvalue weighted by atomic mass is 31.2. The number of nitriles is 1. The lowest BCUT2D eigenvalue weighted by Crippen LogP contribution is -2.50. The molecule has 0 radical (unpaired) electrons. The van der Waals surface area contributed by atoms with Gasteiger partial charge in [-0.05, 0) is 65.0 Å². The number of hydrogen-bond acceptors (Lipinski definition) is 14. The smallest absolute Gasteiger partial charge is 0.280 e. The monoisotopic (exact) mass is 941 g/mol. The molecule has 0 amide bonds. The summed E-state index contributed by atoms with van der Waals surface area (Å²) in [4.78, 5) is 25.9. The maximum Gasteiger partial charge on any atom is 0.280 e. The van der Waals surface area contributed by atoms with Crippen molar-refractivity contribution >= 4 is 34.0 Å². The molecule has 0 spiro atoms. The zero-order valence-electron chi connectivity index (χ0n) is 39.5. The van der Waals surface area contributed by atoms with Crippen LogP contribution in [0.2, 0.25) is 18.1 Å². The summed E-state index contributed by atoms with van der Waals surface area (Å²) in [6, 6.07) is 28.0. The van der Waals surface area contributed by atoms with Gasteiger partial charge in [0, 0.05) is 19.6 Å². The van der Waals surface area contributed by atoms with Gasteiger partial charge in [0.25, 0.3) is 14.1 Å². The van der Waals surface area contributed by atoms with Crippen LogP contribution in [0.1, 0.15) is 64.0 Å². The minimum Gasteiger partial charge on any atom is -0.497 e. The van der Waals surface area contributed by atoms with E-state index in [0.717, 1.165) is 16.7 Å². The molecule has 7 rings (SSSR count). The SMILES string of the molecule is COc1ccc(C(OC[C@H]2O[C@@H](n3cnc4c(=O)[nH]c(NCC(C)C)nc43)[C@H](O[Si](C)(C)C(C)(C)C)[C@@H]2OP(OCCC#N)N2CCOCC2)(c2ccccc2)c2ccc(OC)cc2)cc1. The van der Waals surface area contributed by atoms with Crippen LogP contribution in [0.15, 0.2) is 90.0 Å². The molecule has 5 atom stereocenters. The lowest BCUT2D eigenvalue weighted by atomic mass is 9.80. The largest absolute Gasteiger partial charge is 0.497 e. The number of nitrogens with one attached hydrogen (secondary N) is 2. The molecule has 1 unspecified atom stereocenters. The van der Waals surface area contributed by atoms with E-state index in [9.17, 15) is 10.1 Å². The number of ether oxygens (including phenoxy) is 5. The molecule has 354 valence electrons. The first-order valence-corrected chi connectivity index (χ1v) is 26.5. The van der Waals surface area contributed by atoms with E-state index in [0.29, 0.717) is 61.9 Å². The first-order chi connectivity index (χ1) is 31.7. The van der Waals surface area contributed by atoms with E-state index < -0.39 is 47.0 Å². The Morgan fingerprint density at radius 2 is 1.56 bits per heavy atom. The number of morpholine rings is 1. The zero-order valence-corrected chi connectivity index (χ0v) is 41.4. The maximum atomic E-state index is 13.6. The number of nitrogens with zero attached hydrogens (tertiary/aromatic N) is 5. The van der Waals surface area contributed by atoms with E-state index in [1.807, 2.05) is 66.7 Å². The van der Waals surface area contributed by atoms with Gasteiger partial charge in [-0.2, -0.15) is 10.2 Å². The number of rotatable bonds is 20. The van der Waals surface area contributed by atoms with Gasteiger partial charge in [-0.15, -0.1) is 0 Å².